The van der Waals surface area contributed by atoms with Crippen LogP contribution in [0.25, 0.3) is 11.1 Å². The number of aryl methyl sites for hydroxylation is 2. The second-order valence-corrected chi connectivity index (χ2v) is 6.37. The van der Waals surface area contributed by atoms with Crippen LogP contribution in [0.5, 0.6) is 0 Å². The summed E-state index contributed by atoms with van der Waals surface area (Å²) in [5, 5.41) is 0. The van der Waals surface area contributed by atoms with Gasteiger partial charge in [-0.15, -0.1) is 0 Å². The number of halogens is 1. The highest BCUT2D eigenvalue weighted by Gasteiger charge is 1.99. The second kappa shape index (κ2) is 8.46. The van der Waals surface area contributed by atoms with Gasteiger partial charge in [-0.25, -0.2) is 0 Å². The summed E-state index contributed by atoms with van der Waals surface area (Å²) in [6.07, 6.45) is 6.21. The van der Waals surface area contributed by atoms with Crippen molar-refractivity contribution >= 4 is 22.6 Å². The maximum Gasteiger partial charge on any atom is -0.000156 e. The first kappa shape index (κ1) is 15.6. The van der Waals surface area contributed by atoms with E-state index in [1.807, 2.05) is 0 Å². The standard InChI is InChI=1S/C19H23I/c1-2-3-5-16-7-11-18(12-8-16)19-13-9-17(10-14-19)6-4-15-20/h7-14H,2-6,15H2,1H3. The molecule has 0 aromatic heterocycles. The molecular weight excluding hydrogens is 355 g/mol. The Kier molecular flexibility index (Phi) is 6.58. The molecule has 0 saturated carbocycles. The number of alkyl halides is 1. The molecule has 0 atom stereocenters. The molecule has 0 aliphatic rings. The van der Waals surface area contributed by atoms with Crippen LogP contribution < -0.4 is 0 Å². The van der Waals surface area contributed by atoms with Crippen LogP contribution in [-0.4, -0.2) is 4.43 Å². The highest BCUT2D eigenvalue weighted by atomic mass is 127. The van der Waals surface area contributed by atoms with Crippen LogP contribution in [0.15, 0.2) is 48.5 Å². The molecule has 1 heteroatoms. The van der Waals surface area contributed by atoms with Crippen molar-refractivity contribution in [2.24, 2.45) is 0 Å². The van der Waals surface area contributed by atoms with E-state index in [4.69, 9.17) is 0 Å². The summed E-state index contributed by atoms with van der Waals surface area (Å²) in [7, 11) is 0. The van der Waals surface area contributed by atoms with E-state index in [0.717, 1.165) is 0 Å². The van der Waals surface area contributed by atoms with Crippen molar-refractivity contribution in [3.63, 3.8) is 0 Å². The molecule has 0 fully saturated rings. The van der Waals surface area contributed by atoms with Gasteiger partial charge in [0.15, 0.2) is 0 Å². The molecule has 0 radical (unpaired) electrons. The predicted molar refractivity (Wildman–Crippen MR) is 97.7 cm³/mol. The summed E-state index contributed by atoms with van der Waals surface area (Å²) in [6, 6.07) is 18.1. The van der Waals surface area contributed by atoms with Crippen molar-refractivity contribution < 1.29 is 0 Å². The van der Waals surface area contributed by atoms with Crippen molar-refractivity contribution in [1.82, 2.24) is 0 Å². The zero-order valence-corrected chi connectivity index (χ0v) is 14.4. The molecule has 2 aromatic rings. The lowest BCUT2D eigenvalue weighted by Crippen LogP contribution is -1.87. The second-order valence-electron chi connectivity index (χ2n) is 5.29. The van der Waals surface area contributed by atoms with Gasteiger partial charge in [-0.2, -0.15) is 0 Å². The van der Waals surface area contributed by atoms with Crippen molar-refractivity contribution in [2.75, 3.05) is 4.43 Å². The van der Waals surface area contributed by atoms with Crippen LogP contribution in [-0.2, 0) is 12.8 Å². The topological polar surface area (TPSA) is 0 Å². The Morgan fingerprint density at radius 2 is 1.15 bits per heavy atom. The van der Waals surface area contributed by atoms with Crippen LogP contribution in [0.1, 0.15) is 37.3 Å². The van der Waals surface area contributed by atoms with E-state index < -0.39 is 0 Å². The molecule has 2 aromatic carbocycles. The molecule has 0 nitrogen and oxygen atoms in total. The minimum absolute atomic E-state index is 1.19. The first-order valence-corrected chi connectivity index (χ1v) is 9.10. The van der Waals surface area contributed by atoms with Crippen LogP contribution in [0.2, 0.25) is 0 Å². The lowest BCUT2D eigenvalue weighted by Gasteiger charge is -2.06. The van der Waals surface area contributed by atoms with E-state index in [1.165, 1.54) is 58.8 Å². The summed E-state index contributed by atoms with van der Waals surface area (Å²) in [4.78, 5) is 0. The Hall–Kier alpha value is -0.830. The zero-order valence-electron chi connectivity index (χ0n) is 12.2. The summed E-state index contributed by atoms with van der Waals surface area (Å²) in [5.41, 5.74) is 5.55. The highest BCUT2D eigenvalue weighted by molar-refractivity contribution is 14.1. The SMILES string of the molecule is CCCCc1ccc(-c2ccc(CCCI)cc2)cc1. The van der Waals surface area contributed by atoms with Gasteiger partial charge in [-0.1, -0.05) is 84.5 Å². The maximum atomic E-state index is 2.44. The zero-order chi connectivity index (χ0) is 14.2. The number of benzene rings is 2. The van der Waals surface area contributed by atoms with E-state index in [2.05, 4.69) is 78.0 Å². The Bertz CT molecular complexity index is 447. The molecule has 2 rings (SSSR count). The van der Waals surface area contributed by atoms with E-state index >= 15 is 0 Å². The van der Waals surface area contributed by atoms with Crippen molar-refractivity contribution in [2.45, 2.75) is 39.0 Å². The molecule has 0 spiro atoms. The Labute approximate surface area is 136 Å². The van der Waals surface area contributed by atoms with Crippen LogP contribution in [0.3, 0.4) is 0 Å². The minimum atomic E-state index is 1.19. The monoisotopic (exact) mass is 378 g/mol. The van der Waals surface area contributed by atoms with Gasteiger partial charge in [-0.3, -0.25) is 0 Å². The number of unbranched alkanes of at least 4 members (excludes halogenated alkanes) is 1. The summed E-state index contributed by atoms with van der Waals surface area (Å²) >= 11 is 2.44. The number of hydrogen-bond donors (Lipinski definition) is 0. The third-order valence-corrected chi connectivity index (χ3v) is 4.42. The number of hydrogen-bond acceptors (Lipinski definition) is 0. The van der Waals surface area contributed by atoms with E-state index in [0.29, 0.717) is 0 Å². The van der Waals surface area contributed by atoms with Crippen molar-refractivity contribution in [3.8, 4) is 11.1 Å². The lowest BCUT2D eigenvalue weighted by atomic mass is 10.00. The van der Waals surface area contributed by atoms with E-state index in [1.54, 1.807) is 0 Å². The lowest BCUT2D eigenvalue weighted by molar-refractivity contribution is 0.795. The fourth-order valence-electron chi connectivity index (χ4n) is 2.38. The van der Waals surface area contributed by atoms with Gasteiger partial charge >= 0.3 is 0 Å². The molecule has 20 heavy (non-hydrogen) atoms. The molecule has 0 heterocycles. The van der Waals surface area contributed by atoms with Gasteiger partial charge in [0, 0.05) is 0 Å². The van der Waals surface area contributed by atoms with Crippen molar-refractivity contribution in [1.29, 1.82) is 0 Å². The molecule has 0 aliphatic carbocycles. The quantitative estimate of drug-likeness (QED) is 0.406. The smallest absolute Gasteiger partial charge is 0.000156 e. The molecule has 0 bridgehead atoms. The molecule has 106 valence electrons. The average molecular weight is 378 g/mol. The molecule has 0 aliphatic heterocycles. The largest absolute Gasteiger partial charge is 0.0864 e. The van der Waals surface area contributed by atoms with Crippen LogP contribution >= 0.6 is 22.6 Å². The highest BCUT2D eigenvalue weighted by Crippen LogP contribution is 2.21. The van der Waals surface area contributed by atoms with Gasteiger partial charge in [0.2, 0.25) is 0 Å². The first-order chi connectivity index (χ1) is 9.83. The average Bonchev–Trinajstić information content (AvgIpc) is 2.52. The van der Waals surface area contributed by atoms with Crippen molar-refractivity contribution in [3.05, 3.63) is 59.7 Å². The fourth-order valence-corrected chi connectivity index (χ4v) is 2.76. The Morgan fingerprint density at radius 1 is 0.700 bits per heavy atom. The first-order valence-electron chi connectivity index (χ1n) is 7.57. The summed E-state index contributed by atoms with van der Waals surface area (Å²) in [6.45, 7) is 2.24. The van der Waals surface area contributed by atoms with E-state index in [-0.39, 0.29) is 0 Å². The minimum Gasteiger partial charge on any atom is -0.0864 e. The van der Waals surface area contributed by atoms with Gasteiger partial charge in [0.1, 0.15) is 0 Å². The van der Waals surface area contributed by atoms with Gasteiger partial charge in [0.25, 0.3) is 0 Å². The molecule has 0 unspecified atom stereocenters. The third kappa shape index (κ3) is 4.62. The van der Waals surface area contributed by atoms with Gasteiger partial charge < -0.3 is 0 Å². The molecule has 0 amide bonds. The molecule has 0 saturated heterocycles. The predicted octanol–water partition coefficient (Wildman–Crippen LogP) is 6.06. The maximum absolute atomic E-state index is 2.44. The Morgan fingerprint density at radius 3 is 1.55 bits per heavy atom. The molecule has 0 N–H and O–H groups in total. The Balaban J connectivity index is 2.03. The van der Waals surface area contributed by atoms with E-state index in [9.17, 15) is 0 Å². The van der Waals surface area contributed by atoms with Gasteiger partial charge in [-0.05, 0) is 52.4 Å². The summed E-state index contributed by atoms with van der Waals surface area (Å²) < 4.78 is 1.23. The third-order valence-electron chi connectivity index (χ3n) is 3.66. The number of rotatable bonds is 7. The summed E-state index contributed by atoms with van der Waals surface area (Å²) in [5.74, 6) is 0. The van der Waals surface area contributed by atoms with Crippen LogP contribution in [0, 0.1) is 0 Å². The van der Waals surface area contributed by atoms with Crippen LogP contribution in [0.4, 0.5) is 0 Å². The normalized spacial score (nSPS) is 10.7. The van der Waals surface area contributed by atoms with Gasteiger partial charge in [0.05, 0.1) is 0 Å². The fraction of sp³-hybridized carbons (Fsp3) is 0.368. The molecular formula is C19H23I.